The minimum Gasteiger partial charge on any atom is -0.365 e. The van der Waals surface area contributed by atoms with E-state index in [0.717, 1.165) is 13.0 Å². The van der Waals surface area contributed by atoms with Crippen LogP contribution in [0.1, 0.15) is 16.8 Å². The van der Waals surface area contributed by atoms with Gasteiger partial charge < -0.3 is 14.5 Å². The number of carbonyl (C=O) groups excluding carboxylic acids is 1. The van der Waals surface area contributed by atoms with Crippen LogP contribution < -0.4 is 4.90 Å². The highest BCUT2D eigenvalue weighted by atomic mass is 16.5. The number of ether oxygens (including phenoxy) is 1. The molecule has 1 amide bonds. The molecule has 1 fully saturated rings. The van der Waals surface area contributed by atoms with Crippen LogP contribution in [0.2, 0.25) is 0 Å². The molecule has 6 nitrogen and oxygen atoms in total. The number of anilines is 1. The number of amides is 1. The van der Waals surface area contributed by atoms with Gasteiger partial charge in [-0.25, -0.2) is 4.98 Å². The van der Waals surface area contributed by atoms with Crippen LogP contribution in [-0.2, 0) is 22.5 Å². The minimum absolute atomic E-state index is 0.0284. The molecule has 6 heteroatoms. The number of pyridine rings is 1. The molecule has 1 aromatic carbocycles. The molecular formula is C20H20N4O2. The van der Waals surface area contributed by atoms with E-state index in [4.69, 9.17) is 10.00 Å². The maximum Gasteiger partial charge on any atom is 0.253 e. The topological polar surface area (TPSA) is 69.5 Å². The minimum atomic E-state index is -0.499. The fourth-order valence-electron chi connectivity index (χ4n) is 3.56. The van der Waals surface area contributed by atoms with Crippen molar-refractivity contribution in [2.45, 2.75) is 19.1 Å². The summed E-state index contributed by atoms with van der Waals surface area (Å²) in [6.07, 6.45) is 0.381. The SMILES string of the molecule is N#Cc1cccc(N2CCOC(C(=O)N3CCc4ccccc4C3)C2)n1. The lowest BCUT2D eigenvalue weighted by atomic mass is 9.99. The predicted molar refractivity (Wildman–Crippen MR) is 96.5 cm³/mol. The first-order chi connectivity index (χ1) is 12.7. The summed E-state index contributed by atoms with van der Waals surface area (Å²) in [5.41, 5.74) is 2.91. The van der Waals surface area contributed by atoms with Crippen molar-refractivity contribution < 1.29 is 9.53 Å². The third kappa shape index (κ3) is 3.26. The predicted octanol–water partition coefficient (Wildman–Crippen LogP) is 1.74. The summed E-state index contributed by atoms with van der Waals surface area (Å²) < 4.78 is 5.76. The van der Waals surface area contributed by atoms with Crippen LogP contribution in [0.4, 0.5) is 5.82 Å². The van der Waals surface area contributed by atoms with Gasteiger partial charge in [0.1, 0.15) is 17.6 Å². The van der Waals surface area contributed by atoms with E-state index in [0.29, 0.717) is 37.8 Å². The second-order valence-corrected chi connectivity index (χ2v) is 6.58. The van der Waals surface area contributed by atoms with Crippen LogP contribution in [0.15, 0.2) is 42.5 Å². The Morgan fingerprint density at radius 2 is 2.00 bits per heavy atom. The number of fused-ring (bicyclic) bond motifs is 1. The first-order valence-electron chi connectivity index (χ1n) is 8.84. The number of hydrogen-bond acceptors (Lipinski definition) is 5. The van der Waals surface area contributed by atoms with Gasteiger partial charge in [-0.15, -0.1) is 0 Å². The first kappa shape index (κ1) is 16.6. The average molecular weight is 348 g/mol. The van der Waals surface area contributed by atoms with Crippen LogP contribution in [0.25, 0.3) is 0 Å². The Bertz CT molecular complexity index is 861. The van der Waals surface area contributed by atoms with E-state index in [1.807, 2.05) is 34.1 Å². The highest BCUT2D eigenvalue weighted by Gasteiger charge is 2.32. The Labute approximate surface area is 152 Å². The zero-order chi connectivity index (χ0) is 17.9. The smallest absolute Gasteiger partial charge is 0.253 e. The molecule has 4 rings (SSSR count). The molecule has 2 aliphatic rings. The number of morpholine rings is 1. The van der Waals surface area contributed by atoms with E-state index in [-0.39, 0.29) is 5.91 Å². The zero-order valence-corrected chi connectivity index (χ0v) is 14.5. The third-order valence-corrected chi connectivity index (χ3v) is 4.96. The lowest BCUT2D eigenvalue weighted by molar-refractivity contribution is -0.145. The van der Waals surface area contributed by atoms with E-state index >= 15 is 0 Å². The monoisotopic (exact) mass is 348 g/mol. The van der Waals surface area contributed by atoms with Gasteiger partial charge in [-0.1, -0.05) is 30.3 Å². The first-order valence-corrected chi connectivity index (χ1v) is 8.84. The van der Waals surface area contributed by atoms with Gasteiger partial charge in [0.25, 0.3) is 5.91 Å². The summed E-state index contributed by atoms with van der Waals surface area (Å²) in [5, 5.41) is 9.03. The van der Waals surface area contributed by atoms with Crippen molar-refractivity contribution in [2.75, 3.05) is 31.1 Å². The number of benzene rings is 1. The van der Waals surface area contributed by atoms with Gasteiger partial charge in [0, 0.05) is 19.6 Å². The van der Waals surface area contributed by atoms with Crippen molar-refractivity contribution >= 4 is 11.7 Å². The van der Waals surface area contributed by atoms with Crippen molar-refractivity contribution in [3.05, 3.63) is 59.3 Å². The maximum absolute atomic E-state index is 13.0. The van der Waals surface area contributed by atoms with E-state index in [2.05, 4.69) is 23.2 Å². The van der Waals surface area contributed by atoms with Crippen molar-refractivity contribution in [1.29, 1.82) is 5.26 Å². The van der Waals surface area contributed by atoms with Gasteiger partial charge in [-0.2, -0.15) is 5.26 Å². The fraction of sp³-hybridized carbons (Fsp3) is 0.350. The number of hydrogen-bond donors (Lipinski definition) is 0. The lowest BCUT2D eigenvalue weighted by Crippen LogP contribution is -2.52. The molecule has 3 heterocycles. The second kappa shape index (κ2) is 7.14. The van der Waals surface area contributed by atoms with Gasteiger partial charge >= 0.3 is 0 Å². The number of nitriles is 1. The summed E-state index contributed by atoms with van der Waals surface area (Å²) in [5.74, 6) is 0.745. The molecule has 1 saturated heterocycles. The molecule has 1 atom stereocenters. The van der Waals surface area contributed by atoms with Crippen LogP contribution in [-0.4, -0.2) is 48.1 Å². The van der Waals surface area contributed by atoms with Crippen molar-refractivity contribution in [3.63, 3.8) is 0 Å². The highest BCUT2D eigenvalue weighted by molar-refractivity contribution is 5.82. The summed E-state index contributed by atoms with van der Waals surface area (Å²) in [7, 11) is 0. The van der Waals surface area contributed by atoms with Gasteiger partial charge in [0.15, 0.2) is 6.10 Å². The Morgan fingerprint density at radius 1 is 1.15 bits per heavy atom. The molecule has 1 unspecified atom stereocenters. The maximum atomic E-state index is 13.0. The van der Waals surface area contributed by atoms with Crippen LogP contribution >= 0.6 is 0 Å². The number of rotatable bonds is 2. The Morgan fingerprint density at radius 3 is 2.85 bits per heavy atom. The molecule has 0 aliphatic carbocycles. The molecule has 0 radical (unpaired) electrons. The number of carbonyl (C=O) groups is 1. The van der Waals surface area contributed by atoms with E-state index < -0.39 is 6.10 Å². The molecule has 0 spiro atoms. The van der Waals surface area contributed by atoms with Gasteiger partial charge in [0.05, 0.1) is 13.2 Å². The van der Waals surface area contributed by atoms with E-state index in [9.17, 15) is 4.79 Å². The van der Waals surface area contributed by atoms with Gasteiger partial charge in [-0.05, 0) is 29.7 Å². The van der Waals surface area contributed by atoms with Crippen LogP contribution in [0.5, 0.6) is 0 Å². The molecule has 0 N–H and O–H groups in total. The fourth-order valence-corrected chi connectivity index (χ4v) is 3.56. The van der Waals surface area contributed by atoms with Crippen molar-refractivity contribution in [1.82, 2.24) is 9.88 Å². The highest BCUT2D eigenvalue weighted by Crippen LogP contribution is 2.22. The molecule has 1 aromatic heterocycles. The summed E-state index contributed by atoms with van der Waals surface area (Å²) in [6, 6.07) is 15.7. The summed E-state index contributed by atoms with van der Waals surface area (Å²) >= 11 is 0. The van der Waals surface area contributed by atoms with E-state index in [1.165, 1.54) is 11.1 Å². The molecule has 0 bridgehead atoms. The molecular weight excluding hydrogens is 328 g/mol. The molecule has 132 valence electrons. The normalized spacial score (nSPS) is 19.6. The number of aromatic nitrogens is 1. The molecule has 0 saturated carbocycles. The van der Waals surface area contributed by atoms with Crippen molar-refractivity contribution in [3.8, 4) is 6.07 Å². The Hall–Kier alpha value is -2.91. The van der Waals surface area contributed by atoms with Crippen molar-refractivity contribution in [2.24, 2.45) is 0 Å². The van der Waals surface area contributed by atoms with Gasteiger partial charge in [-0.3, -0.25) is 4.79 Å². The number of nitrogens with zero attached hydrogens (tertiary/aromatic N) is 4. The summed E-state index contributed by atoms with van der Waals surface area (Å²) in [4.78, 5) is 21.2. The van der Waals surface area contributed by atoms with Crippen LogP contribution in [0.3, 0.4) is 0 Å². The standard InChI is InChI=1S/C20H20N4O2/c21-12-17-6-3-7-19(22-17)23-10-11-26-18(14-23)20(25)24-9-8-15-4-1-2-5-16(15)13-24/h1-7,18H,8-11,13-14H2. The third-order valence-electron chi connectivity index (χ3n) is 4.96. The molecule has 26 heavy (non-hydrogen) atoms. The Kier molecular flexibility index (Phi) is 4.55. The quantitative estimate of drug-likeness (QED) is 0.827. The largest absolute Gasteiger partial charge is 0.365 e. The average Bonchev–Trinajstić information content (AvgIpc) is 2.73. The molecule has 2 aliphatic heterocycles. The molecule has 2 aromatic rings. The second-order valence-electron chi connectivity index (χ2n) is 6.58. The van der Waals surface area contributed by atoms with E-state index in [1.54, 1.807) is 6.07 Å². The Balaban J connectivity index is 1.46. The zero-order valence-electron chi connectivity index (χ0n) is 14.5. The lowest BCUT2D eigenvalue weighted by Gasteiger charge is -2.37. The van der Waals surface area contributed by atoms with Gasteiger partial charge in [0.2, 0.25) is 0 Å². The van der Waals surface area contributed by atoms with Crippen LogP contribution in [0, 0.1) is 11.3 Å². The summed E-state index contributed by atoms with van der Waals surface area (Å²) in [6.45, 7) is 2.95.